The van der Waals surface area contributed by atoms with Crippen LogP contribution < -0.4 is 10.5 Å². The molecule has 1 unspecified atom stereocenters. The van der Waals surface area contributed by atoms with Crippen molar-refractivity contribution in [2.45, 2.75) is 32.5 Å². The van der Waals surface area contributed by atoms with Crippen LogP contribution in [0.4, 0.5) is 5.95 Å². The van der Waals surface area contributed by atoms with E-state index in [0.717, 1.165) is 42.9 Å². The predicted molar refractivity (Wildman–Crippen MR) is 85.0 cm³/mol. The number of ether oxygens (including phenoxy) is 2. The van der Waals surface area contributed by atoms with E-state index < -0.39 is 0 Å². The molecule has 0 amide bonds. The standard InChI is InChI=1S/C16H20N4O2/c1-12-11-20(16(17)19-12)18-10-13-5-7-14(8-6-13)22-15-4-2-3-9-21-15/h5-8,10-11,15H,2-4,9H2,1H3,(H2,17,19). The summed E-state index contributed by atoms with van der Waals surface area (Å²) in [5.41, 5.74) is 7.54. The Kier molecular flexibility index (Phi) is 4.39. The summed E-state index contributed by atoms with van der Waals surface area (Å²) in [6, 6.07) is 7.73. The van der Waals surface area contributed by atoms with E-state index in [2.05, 4.69) is 10.1 Å². The Bertz CT molecular complexity index is 643. The van der Waals surface area contributed by atoms with Crippen LogP contribution in [-0.4, -0.2) is 28.8 Å². The van der Waals surface area contributed by atoms with E-state index in [0.29, 0.717) is 5.95 Å². The summed E-state index contributed by atoms with van der Waals surface area (Å²) in [6.45, 7) is 2.66. The number of aromatic nitrogens is 2. The zero-order valence-corrected chi connectivity index (χ0v) is 12.6. The Morgan fingerprint density at radius 2 is 2.18 bits per heavy atom. The van der Waals surface area contributed by atoms with E-state index >= 15 is 0 Å². The lowest BCUT2D eigenvalue weighted by atomic mass is 10.2. The first-order valence-electron chi connectivity index (χ1n) is 7.45. The van der Waals surface area contributed by atoms with Gasteiger partial charge in [0.15, 0.2) is 6.29 Å². The van der Waals surface area contributed by atoms with E-state index in [1.807, 2.05) is 31.2 Å². The van der Waals surface area contributed by atoms with Gasteiger partial charge in [-0.3, -0.25) is 0 Å². The van der Waals surface area contributed by atoms with Gasteiger partial charge in [0.25, 0.3) is 0 Å². The number of anilines is 1. The Morgan fingerprint density at radius 3 is 2.82 bits per heavy atom. The number of imidazole rings is 1. The molecular formula is C16H20N4O2. The number of hydrogen-bond acceptors (Lipinski definition) is 5. The van der Waals surface area contributed by atoms with Crippen molar-refractivity contribution < 1.29 is 9.47 Å². The molecule has 0 saturated carbocycles. The normalized spacial score (nSPS) is 18.7. The molecule has 1 aromatic carbocycles. The Labute approximate surface area is 129 Å². The zero-order valence-electron chi connectivity index (χ0n) is 12.6. The van der Waals surface area contributed by atoms with Gasteiger partial charge in [0.1, 0.15) is 5.75 Å². The van der Waals surface area contributed by atoms with Crippen LogP contribution in [0.15, 0.2) is 35.6 Å². The van der Waals surface area contributed by atoms with E-state index in [4.69, 9.17) is 15.2 Å². The van der Waals surface area contributed by atoms with Gasteiger partial charge >= 0.3 is 0 Å². The van der Waals surface area contributed by atoms with E-state index in [1.54, 1.807) is 17.1 Å². The second kappa shape index (κ2) is 6.62. The molecule has 1 aliphatic rings. The highest BCUT2D eigenvalue weighted by molar-refractivity contribution is 5.79. The van der Waals surface area contributed by atoms with Gasteiger partial charge in [-0.15, -0.1) is 0 Å². The number of nitrogens with zero attached hydrogens (tertiary/aromatic N) is 3. The maximum Gasteiger partial charge on any atom is 0.221 e. The molecule has 3 rings (SSSR count). The smallest absolute Gasteiger partial charge is 0.221 e. The largest absolute Gasteiger partial charge is 0.465 e. The molecule has 1 aliphatic heterocycles. The van der Waals surface area contributed by atoms with E-state index in [-0.39, 0.29) is 6.29 Å². The molecule has 0 aliphatic carbocycles. The maximum absolute atomic E-state index is 5.79. The van der Waals surface area contributed by atoms with Gasteiger partial charge in [-0.2, -0.15) is 5.10 Å². The topological polar surface area (TPSA) is 74.7 Å². The fourth-order valence-electron chi connectivity index (χ4n) is 2.31. The minimum absolute atomic E-state index is 0.123. The number of hydrogen-bond donors (Lipinski definition) is 1. The molecular weight excluding hydrogens is 280 g/mol. The molecule has 0 radical (unpaired) electrons. The van der Waals surface area contributed by atoms with Crippen LogP contribution in [0.1, 0.15) is 30.5 Å². The van der Waals surface area contributed by atoms with Crippen LogP contribution in [0.5, 0.6) is 5.75 Å². The summed E-state index contributed by atoms with van der Waals surface area (Å²) in [5.74, 6) is 1.19. The molecule has 6 nitrogen and oxygen atoms in total. The monoisotopic (exact) mass is 300 g/mol. The molecule has 2 heterocycles. The highest BCUT2D eigenvalue weighted by atomic mass is 16.7. The second-order valence-corrected chi connectivity index (χ2v) is 5.31. The summed E-state index contributed by atoms with van der Waals surface area (Å²) in [6.07, 6.45) is 6.61. The minimum Gasteiger partial charge on any atom is -0.465 e. The lowest BCUT2D eigenvalue weighted by molar-refractivity contribution is -0.105. The third-order valence-electron chi connectivity index (χ3n) is 3.45. The highest BCUT2D eigenvalue weighted by Crippen LogP contribution is 2.19. The molecule has 0 bridgehead atoms. The van der Waals surface area contributed by atoms with E-state index in [9.17, 15) is 0 Å². The summed E-state index contributed by atoms with van der Waals surface area (Å²) >= 11 is 0. The first-order chi connectivity index (χ1) is 10.7. The molecule has 1 atom stereocenters. The summed E-state index contributed by atoms with van der Waals surface area (Å²) in [4.78, 5) is 4.10. The van der Waals surface area contributed by atoms with Crippen molar-refractivity contribution in [2.75, 3.05) is 12.3 Å². The van der Waals surface area contributed by atoms with Gasteiger partial charge in [0.05, 0.1) is 24.7 Å². The zero-order chi connectivity index (χ0) is 15.4. The molecule has 116 valence electrons. The molecule has 0 spiro atoms. The van der Waals surface area contributed by atoms with Gasteiger partial charge in [-0.1, -0.05) is 0 Å². The van der Waals surface area contributed by atoms with Crippen molar-refractivity contribution in [3.8, 4) is 5.75 Å². The van der Waals surface area contributed by atoms with Gasteiger partial charge in [0.2, 0.25) is 5.95 Å². The average Bonchev–Trinajstić information content (AvgIpc) is 2.85. The predicted octanol–water partition coefficient (Wildman–Crippen LogP) is 2.56. The fourth-order valence-corrected chi connectivity index (χ4v) is 2.31. The van der Waals surface area contributed by atoms with Crippen molar-refractivity contribution in [3.63, 3.8) is 0 Å². The van der Waals surface area contributed by atoms with Crippen LogP contribution in [0.25, 0.3) is 0 Å². The van der Waals surface area contributed by atoms with Crippen molar-refractivity contribution in [3.05, 3.63) is 41.7 Å². The van der Waals surface area contributed by atoms with Crippen LogP contribution in [0.3, 0.4) is 0 Å². The molecule has 1 saturated heterocycles. The van der Waals surface area contributed by atoms with Crippen molar-refractivity contribution >= 4 is 12.2 Å². The van der Waals surface area contributed by atoms with Crippen LogP contribution in [-0.2, 0) is 4.74 Å². The first-order valence-corrected chi connectivity index (χ1v) is 7.45. The maximum atomic E-state index is 5.79. The van der Waals surface area contributed by atoms with Gasteiger partial charge in [-0.05, 0) is 49.6 Å². The van der Waals surface area contributed by atoms with Gasteiger partial charge in [-0.25, -0.2) is 9.66 Å². The quantitative estimate of drug-likeness (QED) is 0.881. The van der Waals surface area contributed by atoms with Crippen molar-refractivity contribution in [1.82, 2.24) is 9.66 Å². The average molecular weight is 300 g/mol. The number of nitrogens with two attached hydrogens (primary N) is 1. The second-order valence-electron chi connectivity index (χ2n) is 5.31. The third-order valence-corrected chi connectivity index (χ3v) is 3.45. The molecule has 1 fully saturated rings. The number of rotatable bonds is 4. The summed E-state index contributed by atoms with van der Waals surface area (Å²) < 4.78 is 12.9. The first kappa shape index (κ1) is 14.6. The Hall–Kier alpha value is -2.34. The van der Waals surface area contributed by atoms with Gasteiger partial charge in [0, 0.05) is 6.42 Å². The molecule has 6 heteroatoms. The van der Waals surface area contributed by atoms with Crippen LogP contribution in [0.2, 0.25) is 0 Å². The molecule has 22 heavy (non-hydrogen) atoms. The van der Waals surface area contributed by atoms with Crippen LogP contribution in [0, 0.1) is 6.92 Å². The van der Waals surface area contributed by atoms with Crippen molar-refractivity contribution in [2.24, 2.45) is 5.10 Å². The van der Waals surface area contributed by atoms with E-state index in [1.165, 1.54) is 0 Å². The lowest BCUT2D eigenvalue weighted by Crippen LogP contribution is -2.24. The molecule has 1 aromatic heterocycles. The Balaban J connectivity index is 1.62. The Morgan fingerprint density at radius 1 is 1.36 bits per heavy atom. The SMILES string of the molecule is Cc1cn(N=Cc2ccc(OC3CCCCO3)cc2)c(N)n1. The highest BCUT2D eigenvalue weighted by Gasteiger charge is 2.14. The summed E-state index contributed by atoms with van der Waals surface area (Å²) in [5, 5.41) is 4.28. The molecule has 2 N–H and O–H groups in total. The third kappa shape index (κ3) is 3.65. The van der Waals surface area contributed by atoms with Crippen LogP contribution >= 0.6 is 0 Å². The summed E-state index contributed by atoms with van der Waals surface area (Å²) in [7, 11) is 0. The fraction of sp³-hybridized carbons (Fsp3) is 0.375. The number of nitrogen functional groups attached to an aromatic ring is 1. The van der Waals surface area contributed by atoms with Crippen molar-refractivity contribution in [1.29, 1.82) is 0 Å². The number of aryl methyl sites for hydroxylation is 1. The van der Waals surface area contributed by atoms with Gasteiger partial charge < -0.3 is 15.2 Å². The minimum atomic E-state index is -0.123. The number of benzene rings is 1. The molecule has 2 aromatic rings. The lowest BCUT2D eigenvalue weighted by Gasteiger charge is -2.23.